The van der Waals surface area contributed by atoms with Crippen LogP contribution in [0.15, 0.2) is 17.2 Å². The minimum Gasteiger partial charge on any atom is -0.466 e. The number of pyridine rings is 1. The Morgan fingerprint density at radius 3 is 3.06 bits per heavy atom. The summed E-state index contributed by atoms with van der Waals surface area (Å²) in [6, 6.07) is 1.57. The molecule has 0 amide bonds. The Hall–Kier alpha value is -1.18. The second kappa shape index (κ2) is 3.91. The molecular weight excluding hydrogens is 256 g/mol. The fourth-order valence-corrected chi connectivity index (χ4v) is 3.43. The smallest absolute Gasteiger partial charge is 0.246 e. The van der Waals surface area contributed by atoms with Crippen molar-refractivity contribution in [2.75, 3.05) is 19.8 Å². The number of sulfonamides is 1. The molecule has 98 valence electrons. The molecule has 0 radical (unpaired) electrons. The van der Waals surface area contributed by atoms with Crippen LogP contribution in [-0.4, -0.2) is 38.8 Å². The van der Waals surface area contributed by atoms with Crippen molar-refractivity contribution < 1.29 is 17.9 Å². The van der Waals surface area contributed by atoms with Crippen molar-refractivity contribution in [2.45, 2.75) is 23.8 Å². The van der Waals surface area contributed by atoms with E-state index in [9.17, 15) is 8.42 Å². The first-order valence-electron chi connectivity index (χ1n) is 5.74. The Labute approximate surface area is 105 Å². The normalized spacial score (nSPS) is 29.6. The van der Waals surface area contributed by atoms with Gasteiger partial charge in [-0.25, -0.2) is 18.1 Å². The first kappa shape index (κ1) is 11.9. The van der Waals surface area contributed by atoms with Crippen molar-refractivity contribution in [3.05, 3.63) is 17.8 Å². The van der Waals surface area contributed by atoms with Gasteiger partial charge in [-0.2, -0.15) is 0 Å². The zero-order chi connectivity index (χ0) is 12.8. The van der Waals surface area contributed by atoms with Crippen molar-refractivity contribution in [2.24, 2.45) is 0 Å². The maximum absolute atomic E-state index is 12.1. The first-order valence-corrected chi connectivity index (χ1v) is 7.22. The van der Waals surface area contributed by atoms with E-state index in [1.54, 1.807) is 19.2 Å². The SMILES string of the molecule is Cc1cnc2c(c1)S(=O)(=O)NCC1(CCOC1)O2. The van der Waals surface area contributed by atoms with Gasteiger partial charge in [0.25, 0.3) is 0 Å². The maximum Gasteiger partial charge on any atom is 0.246 e. The van der Waals surface area contributed by atoms with E-state index < -0.39 is 15.6 Å². The molecule has 2 aliphatic rings. The molecule has 0 saturated carbocycles. The number of aromatic nitrogens is 1. The third-order valence-electron chi connectivity index (χ3n) is 3.21. The molecule has 3 rings (SSSR count). The van der Waals surface area contributed by atoms with Gasteiger partial charge in [0.15, 0.2) is 0 Å². The molecule has 1 spiro atoms. The maximum atomic E-state index is 12.1. The average Bonchev–Trinajstić information content (AvgIpc) is 2.74. The van der Waals surface area contributed by atoms with Gasteiger partial charge in [-0.15, -0.1) is 0 Å². The highest BCUT2D eigenvalue weighted by Crippen LogP contribution is 2.32. The molecule has 3 heterocycles. The number of nitrogens with one attached hydrogen (secondary N) is 1. The lowest BCUT2D eigenvalue weighted by atomic mass is 10.0. The van der Waals surface area contributed by atoms with E-state index in [1.165, 1.54) is 0 Å². The third-order valence-corrected chi connectivity index (χ3v) is 4.61. The fraction of sp³-hybridized carbons (Fsp3) is 0.545. The Morgan fingerprint density at radius 2 is 2.33 bits per heavy atom. The van der Waals surface area contributed by atoms with Crippen molar-refractivity contribution in [1.82, 2.24) is 9.71 Å². The van der Waals surface area contributed by atoms with Crippen LogP contribution in [0, 0.1) is 6.92 Å². The average molecular weight is 270 g/mol. The summed E-state index contributed by atoms with van der Waals surface area (Å²) < 4.78 is 37.9. The fourth-order valence-electron chi connectivity index (χ4n) is 2.15. The van der Waals surface area contributed by atoms with Gasteiger partial charge in [0.2, 0.25) is 15.9 Å². The lowest BCUT2D eigenvalue weighted by Crippen LogP contribution is -2.45. The zero-order valence-corrected chi connectivity index (χ0v) is 10.8. The van der Waals surface area contributed by atoms with Gasteiger partial charge in [0.1, 0.15) is 10.5 Å². The summed E-state index contributed by atoms with van der Waals surface area (Å²) in [5, 5.41) is 0. The van der Waals surface area contributed by atoms with Crippen molar-refractivity contribution in [1.29, 1.82) is 0 Å². The molecule has 1 aromatic rings. The highest BCUT2D eigenvalue weighted by atomic mass is 32.2. The molecule has 1 N–H and O–H groups in total. The van der Waals surface area contributed by atoms with Gasteiger partial charge in [0.05, 0.1) is 19.8 Å². The number of aryl methyl sites for hydroxylation is 1. The Bertz CT molecular complexity index is 579. The molecule has 6 nitrogen and oxygen atoms in total. The molecule has 1 unspecified atom stereocenters. The molecule has 1 saturated heterocycles. The van der Waals surface area contributed by atoms with Gasteiger partial charge in [-0.3, -0.25) is 0 Å². The second-order valence-electron chi connectivity index (χ2n) is 4.73. The van der Waals surface area contributed by atoms with Crippen LogP contribution in [0.5, 0.6) is 5.88 Å². The van der Waals surface area contributed by atoms with Crippen LogP contribution >= 0.6 is 0 Å². The molecule has 0 aliphatic carbocycles. The Balaban J connectivity index is 2.11. The molecule has 18 heavy (non-hydrogen) atoms. The molecule has 1 aromatic heterocycles. The molecule has 7 heteroatoms. The topological polar surface area (TPSA) is 77.5 Å². The predicted octanol–water partition coefficient (Wildman–Crippen LogP) is 0.220. The Morgan fingerprint density at radius 1 is 1.50 bits per heavy atom. The minimum absolute atomic E-state index is 0.103. The number of ether oxygens (including phenoxy) is 2. The van der Waals surface area contributed by atoms with Crippen LogP contribution in [0.1, 0.15) is 12.0 Å². The number of fused-ring (bicyclic) bond motifs is 1. The van der Waals surface area contributed by atoms with Crippen LogP contribution < -0.4 is 9.46 Å². The van der Waals surface area contributed by atoms with E-state index in [-0.39, 0.29) is 17.3 Å². The molecule has 1 fully saturated rings. The van der Waals surface area contributed by atoms with Gasteiger partial charge in [0, 0.05) is 12.6 Å². The largest absolute Gasteiger partial charge is 0.466 e. The van der Waals surface area contributed by atoms with E-state index in [0.29, 0.717) is 19.6 Å². The molecule has 0 bridgehead atoms. The van der Waals surface area contributed by atoms with Crippen LogP contribution in [0.4, 0.5) is 0 Å². The summed E-state index contributed by atoms with van der Waals surface area (Å²) in [6.45, 7) is 2.96. The standard InChI is InChI=1S/C11H14N2O4S/c1-8-4-9-10(12-5-8)17-11(2-3-16-7-11)6-13-18(9,14)15/h4-5,13H,2-3,6-7H2,1H3. The van der Waals surface area contributed by atoms with Crippen LogP contribution in [0.3, 0.4) is 0 Å². The lowest BCUT2D eigenvalue weighted by molar-refractivity contribution is 0.0502. The zero-order valence-electron chi connectivity index (χ0n) is 9.97. The van der Waals surface area contributed by atoms with E-state index in [1.807, 2.05) is 0 Å². The third kappa shape index (κ3) is 1.88. The number of rotatable bonds is 0. The number of hydrogen-bond donors (Lipinski definition) is 1. The quantitative estimate of drug-likeness (QED) is 0.729. The highest BCUT2D eigenvalue weighted by molar-refractivity contribution is 7.89. The summed E-state index contributed by atoms with van der Waals surface area (Å²) in [6.07, 6.45) is 2.26. The summed E-state index contributed by atoms with van der Waals surface area (Å²) in [4.78, 5) is 4.20. The second-order valence-corrected chi connectivity index (χ2v) is 6.46. The van der Waals surface area contributed by atoms with Gasteiger partial charge >= 0.3 is 0 Å². The van der Waals surface area contributed by atoms with Crippen LogP contribution in [0.25, 0.3) is 0 Å². The van der Waals surface area contributed by atoms with E-state index >= 15 is 0 Å². The predicted molar refractivity (Wildman–Crippen MR) is 63.0 cm³/mol. The molecule has 2 aliphatic heterocycles. The number of hydrogen-bond acceptors (Lipinski definition) is 5. The Kier molecular flexibility index (Phi) is 2.58. The van der Waals surface area contributed by atoms with Crippen LogP contribution in [-0.2, 0) is 14.8 Å². The van der Waals surface area contributed by atoms with E-state index in [4.69, 9.17) is 9.47 Å². The summed E-state index contributed by atoms with van der Waals surface area (Å²) in [5.74, 6) is 0.163. The summed E-state index contributed by atoms with van der Waals surface area (Å²) in [7, 11) is -3.56. The van der Waals surface area contributed by atoms with Crippen molar-refractivity contribution in [3.8, 4) is 5.88 Å². The summed E-state index contributed by atoms with van der Waals surface area (Å²) >= 11 is 0. The van der Waals surface area contributed by atoms with E-state index in [0.717, 1.165) is 5.56 Å². The molecular formula is C11H14N2O4S. The van der Waals surface area contributed by atoms with Crippen LogP contribution in [0.2, 0.25) is 0 Å². The monoisotopic (exact) mass is 270 g/mol. The molecule has 1 atom stereocenters. The highest BCUT2D eigenvalue weighted by Gasteiger charge is 2.42. The lowest BCUT2D eigenvalue weighted by Gasteiger charge is -2.25. The first-order chi connectivity index (χ1) is 8.51. The van der Waals surface area contributed by atoms with Crippen molar-refractivity contribution >= 4 is 10.0 Å². The van der Waals surface area contributed by atoms with Gasteiger partial charge < -0.3 is 9.47 Å². The van der Waals surface area contributed by atoms with E-state index in [2.05, 4.69) is 9.71 Å². The summed E-state index contributed by atoms with van der Waals surface area (Å²) in [5.41, 5.74) is 0.155. The number of nitrogens with zero attached hydrogens (tertiary/aromatic N) is 1. The molecule has 0 aromatic carbocycles. The van der Waals surface area contributed by atoms with Gasteiger partial charge in [-0.1, -0.05) is 0 Å². The minimum atomic E-state index is -3.56. The van der Waals surface area contributed by atoms with Crippen molar-refractivity contribution in [3.63, 3.8) is 0 Å². The van der Waals surface area contributed by atoms with Gasteiger partial charge in [-0.05, 0) is 18.6 Å².